The van der Waals surface area contributed by atoms with Crippen molar-refractivity contribution in [1.82, 2.24) is 0 Å². The zero-order chi connectivity index (χ0) is 14.9. The van der Waals surface area contributed by atoms with Crippen LogP contribution in [0.3, 0.4) is 0 Å². The smallest absolute Gasteiger partial charge is 0.394 e. The van der Waals surface area contributed by atoms with E-state index in [0.717, 1.165) is 16.7 Å². The van der Waals surface area contributed by atoms with E-state index in [1.54, 1.807) is 0 Å². The fourth-order valence-electron chi connectivity index (χ4n) is 2.49. The van der Waals surface area contributed by atoms with Crippen LogP contribution in [0.4, 0.5) is 0 Å². The summed E-state index contributed by atoms with van der Waals surface area (Å²) in [4.78, 5) is 17.8. The van der Waals surface area contributed by atoms with Crippen molar-refractivity contribution in [3.05, 3.63) is 34.9 Å². The molecule has 2 rings (SSSR count). The van der Waals surface area contributed by atoms with Gasteiger partial charge in [-0.1, -0.05) is 18.2 Å². The molecule has 1 heterocycles. The first kappa shape index (κ1) is 15.6. The van der Waals surface area contributed by atoms with Crippen molar-refractivity contribution in [2.45, 2.75) is 38.6 Å². The van der Waals surface area contributed by atoms with Crippen molar-refractivity contribution in [3.8, 4) is 0 Å². The Morgan fingerprint density at radius 2 is 2.10 bits per heavy atom. The summed E-state index contributed by atoms with van der Waals surface area (Å²) in [5.74, 6) is 0. The van der Waals surface area contributed by atoms with Gasteiger partial charge < -0.3 is 19.6 Å². The molecule has 1 aromatic rings. The van der Waals surface area contributed by atoms with Crippen molar-refractivity contribution in [2.24, 2.45) is 0 Å². The Morgan fingerprint density at radius 1 is 1.40 bits per heavy atom. The van der Waals surface area contributed by atoms with Gasteiger partial charge in [-0.3, -0.25) is 4.52 Å². The molecular formula is C13H19O6P. The molecule has 6 nitrogen and oxygen atoms in total. The molecule has 0 spiro atoms. The summed E-state index contributed by atoms with van der Waals surface area (Å²) < 4.78 is 21.3. The van der Waals surface area contributed by atoms with Crippen molar-refractivity contribution < 1.29 is 28.7 Å². The molecule has 1 aliphatic rings. The Morgan fingerprint density at radius 3 is 2.70 bits per heavy atom. The summed E-state index contributed by atoms with van der Waals surface area (Å²) in [6, 6.07) is 5.81. The molecule has 0 radical (unpaired) electrons. The fourth-order valence-corrected chi connectivity index (χ4v) is 3.06. The lowest BCUT2D eigenvalue weighted by atomic mass is 9.97. The largest absolute Gasteiger partial charge is 0.469 e. The Balaban J connectivity index is 2.20. The zero-order valence-electron chi connectivity index (χ0n) is 11.4. The van der Waals surface area contributed by atoms with E-state index in [-0.39, 0.29) is 12.7 Å². The molecule has 1 aromatic carbocycles. The number of aliphatic hydroxyl groups excluding tert-OH is 1. The minimum Gasteiger partial charge on any atom is -0.394 e. The van der Waals surface area contributed by atoms with Gasteiger partial charge in [-0.2, -0.15) is 0 Å². The first-order valence-corrected chi connectivity index (χ1v) is 7.91. The van der Waals surface area contributed by atoms with Crippen LogP contribution in [0.5, 0.6) is 0 Å². The molecule has 1 fully saturated rings. The number of aliphatic hydroxyl groups is 1. The summed E-state index contributed by atoms with van der Waals surface area (Å²) in [6.07, 6.45) is -1.57. The van der Waals surface area contributed by atoms with Crippen LogP contribution in [0.1, 0.15) is 29.2 Å². The molecule has 0 aromatic heterocycles. The van der Waals surface area contributed by atoms with Crippen LogP contribution in [0.2, 0.25) is 0 Å². The van der Waals surface area contributed by atoms with Crippen molar-refractivity contribution in [2.75, 3.05) is 6.61 Å². The third-order valence-electron chi connectivity index (χ3n) is 3.65. The van der Waals surface area contributed by atoms with E-state index in [0.29, 0.717) is 6.42 Å². The number of benzene rings is 1. The van der Waals surface area contributed by atoms with Crippen LogP contribution in [-0.2, 0) is 13.8 Å². The molecule has 7 heteroatoms. The van der Waals surface area contributed by atoms with Gasteiger partial charge in [0, 0.05) is 6.42 Å². The van der Waals surface area contributed by atoms with Crippen LogP contribution >= 0.6 is 7.82 Å². The maximum atomic E-state index is 10.9. The summed E-state index contributed by atoms with van der Waals surface area (Å²) in [7, 11) is -4.60. The molecule has 0 bridgehead atoms. The van der Waals surface area contributed by atoms with E-state index in [2.05, 4.69) is 0 Å². The predicted octanol–water partition coefficient (Wildman–Crippen LogP) is 1.60. The normalized spacial score (nSPS) is 26.9. The zero-order valence-corrected chi connectivity index (χ0v) is 12.3. The SMILES string of the molecule is Cc1cccc([C@H]2C[C@H](OP(=O)(O)O)[C@@H](CO)O2)c1C. The van der Waals surface area contributed by atoms with Gasteiger partial charge in [0.25, 0.3) is 0 Å². The van der Waals surface area contributed by atoms with E-state index < -0.39 is 20.0 Å². The highest BCUT2D eigenvalue weighted by Crippen LogP contribution is 2.45. The number of phosphoric ester groups is 1. The van der Waals surface area contributed by atoms with Gasteiger partial charge in [0.05, 0.1) is 12.7 Å². The Labute approximate surface area is 117 Å². The van der Waals surface area contributed by atoms with E-state index in [9.17, 15) is 9.67 Å². The average Bonchev–Trinajstić information content (AvgIpc) is 2.73. The molecule has 3 atom stereocenters. The molecular weight excluding hydrogens is 283 g/mol. The molecule has 1 aliphatic heterocycles. The van der Waals surface area contributed by atoms with Gasteiger partial charge in [-0.25, -0.2) is 4.57 Å². The van der Waals surface area contributed by atoms with Crippen molar-refractivity contribution in [1.29, 1.82) is 0 Å². The van der Waals surface area contributed by atoms with E-state index in [1.807, 2.05) is 32.0 Å². The Kier molecular flexibility index (Phi) is 4.64. The first-order valence-electron chi connectivity index (χ1n) is 6.38. The molecule has 0 saturated carbocycles. The molecule has 0 unspecified atom stereocenters. The highest BCUT2D eigenvalue weighted by atomic mass is 31.2. The highest BCUT2D eigenvalue weighted by Gasteiger charge is 2.40. The molecule has 112 valence electrons. The van der Waals surface area contributed by atoms with Crippen molar-refractivity contribution in [3.63, 3.8) is 0 Å². The van der Waals surface area contributed by atoms with E-state index in [4.69, 9.17) is 19.0 Å². The number of hydrogen-bond donors (Lipinski definition) is 3. The second-order valence-electron chi connectivity index (χ2n) is 5.01. The molecule has 0 aliphatic carbocycles. The number of hydrogen-bond acceptors (Lipinski definition) is 4. The van der Waals surface area contributed by atoms with Crippen molar-refractivity contribution >= 4 is 7.82 Å². The Hall–Kier alpha value is -0.750. The number of rotatable bonds is 4. The molecule has 20 heavy (non-hydrogen) atoms. The fraction of sp³-hybridized carbons (Fsp3) is 0.538. The van der Waals surface area contributed by atoms with Crippen LogP contribution in [0, 0.1) is 13.8 Å². The van der Waals surface area contributed by atoms with Crippen LogP contribution in [-0.4, -0.2) is 33.7 Å². The second-order valence-corrected chi connectivity index (χ2v) is 6.20. The molecule has 3 N–H and O–H groups in total. The average molecular weight is 302 g/mol. The van der Waals surface area contributed by atoms with Gasteiger partial charge in [0.2, 0.25) is 0 Å². The van der Waals surface area contributed by atoms with Gasteiger partial charge in [0.1, 0.15) is 12.2 Å². The third kappa shape index (κ3) is 3.47. The number of aryl methyl sites for hydroxylation is 1. The van der Waals surface area contributed by atoms with Gasteiger partial charge in [-0.15, -0.1) is 0 Å². The lowest BCUT2D eigenvalue weighted by molar-refractivity contribution is -0.0222. The number of phosphoric acid groups is 1. The van der Waals surface area contributed by atoms with Crippen LogP contribution in [0.15, 0.2) is 18.2 Å². The Bertz CT molecular complexity index is 526. The summed E-state index contributed by atoms with van der Waals surface area (Å²) in [5.41, 5.74) is 3.15. The topological polar surface area (TPSA) is 96.2 Å². The van der Waals surface area contributed by atoms with Crippen LogP contribution < -0.4 is 0 Å². The number of ether oxygens (including phenoxy) is 1. The second kappa shape index (κ2) is 5.93. The van der Waals surface area contributed by atoms with Gasteiger partial charge in [-0.05, 0) is 30.5 Å². The maximum absolute atomic E-state index is 10.9. The standard InChI is InChI=1S/C13H19O6P/c1-8-4-3-5-10(9(8)2)11-6-12(13(7-14)18-11)19-20(15,16)17/h3-5,11-14H,6-7H2,1-2H3,(H2,15,16,17)/t11-,12+,13-/m1/s1. The molecule has 0 amide bonds. The van der Waals surface area contributed by atoms with E-state index >= 15 is 0 Å². The van der Waals surface area contributed by atoms with Gasteiger partial charge >= 0.3 is 7.82 Å². The summed E-state index contributed by atoms with van der Waals surface area (Å²) >= 11 is 0. The summed E-state index contributed by atoms with van der Waals surface area (Å²) in [6.45, 7) is 3.62. The summed E-state index contributed by atoms with van der Waals surface area (Å²) in [5, 5.41) is 9.26. The molecule has 1 saturated heterocycles. The van der Waals surface area contributed by atoms with Gasteiger partial charge in [0.15, 0.2) is 0 Å². The predicted molar refractivity (Wildman–Crippen MR) is 72.1 cm³/mol. The quantitative estimate of drug-likeness (QED) is 0.731. The lowest BCUT2D eigenvalue weighted by Crippen LogP contribution is -2.26. The lowest BCUT2D eigenvalue weighted by Gasteiger charge is -2.16. The first-order chi connectivity index (χ1) is 9.31. The minimum absolute atomic E-state index is 0.306. The monoisotopic (exact) mass is 302 g/mol. The highest BCUT2D eigenvalue weighted by molar-refractivity contribution is 7.46. The maximum Gasteiger partial charge on any atom is 0.469 e. The van der Waals surface area contributed by atoms with Crippen LogP contribution in [0.25, 0.3) is 0 Å². The third-order valence-corrected chi connectivity index (χ3v) is 4.19. The van der Waals surface area contributed by atoms with E-state index in [1.165, 1.54) is 0 Å². The minimum atomic E-state index is -4.60.